The number of benzene rings is 1. The van der Waals surface area contributed by atoms with Crippen molar-refractivity contribution in [3.63, 3.8) is 0 Å². The highest BCUT2D eigenvalue weighted by Crippen LogP contribution is 2.18. The van der Waals surface area contributed by atoms with E-state index in [1.807, 2.05) is 0 Å². The fourth-order valence-electron chi connectivity index (χ4n) is 3.65. The molecule has 1 fully saturated rings. The van der Waals surface area contributed by atoms with E-state index in [9.17, 15) is 5.11 Å². The second-order valence-electron chi connectivity index (χ2n) is 6.89. The summed E-state index contributed by atoms with van der Waals surface area (Å²) in [4.78, 5) is 5.00. The summed E-state index contributed by atoms with van der Waals surface area (Å²) in [6.45, 7) is 7.40. The van der Waals surface area contributed by atoms with Crippen LogP contribution in [0.25, 0.3) is 0 Å². The molecule has 4 heteroatoms. The summed E-state index contributed by atoms with van der Waals surface area (Å²) in [5.41, 5.74) is 1.38. The summed E-state index contributed by atoms with van der Waals surface area (Å²) in [5, 5.41) is 9.47. The number of hydrogen-bond donors (Lipinski definition) is 1. The van der Waals surface area contributed by atoms with Gasteiger partial charge in [0.25, 0.3) is 0 Å². The molecule has 0 amide bonds. The van der Waals surface area contributed by atoms with E-state index in [4.69, 9.17) is 4.42 Å². The van der Waals surface area contributed by atoms with Crippen LogP contribution in [-0.2, 0) is 19.4 Å². The Kier molecular flexibility index (Phi) is 6.68. The SMILES string of the molecule is CCc1ccc(CN2CCN(CCc3ccccc3)[C@H](CCO)C2)o1. The van der Waals surface area contributed by atoms with Crippen molar-refractivity contribution in [2.45, 2.75) is 38.8 Å². The number of rotatable bonds is 8. The average molecular weight is 342 g/mol. The minimum atomic E-state index is 0.251. The zero-order valence-electron chi connectivity index (χ0n) is 15.2. The molecule has 1 aliphatic heterocycles. The van der Waals surface area contributed by atoms with Crippen molar-refractivity contribution in [1.82, 2.24) is 9.80 Å². The summed E-state index contributed by atoms with van der Waals surface area (Å²) >= 11 is 0. The number of piperazine rings is 1. The smallest absolute Gasteiger partial charge is 0.118 e. The van der Waals surface area contributed by atoms with Gasteiger partial charge >= 0.3 is 0 Å². The molecule has 1 aromatic carbocycles. The summed E-state index contributed by atoms with van der Waals surface area (Å²) < 4.78 is 5.86. The molecule has 4 nitrogen and oxygen atoms in total. The van der Waals surface area contributed by atoms with E-state index in [1.165, 1.54) is 5.56 Å². The Balaban J connectivity index is 1.54. The first-order valence-electron chi connectivity index (χ1n) is 9.47. The highest BCUT2D eigenvalue weighted by Gasteiger charge is 2.26. The summed E-state index contributed by atoms with van der Waals surface area (Å²) in [6.07, 6.45) is 2.85. The van der Waals surface area contributed by atoms with Gasteiger partial charge in [-0.15, -0.1) is 0 Å². The van der Waals surface area contributed by atoms with Crippen molar-refractivity contribution in [2.75, 3.05) is 32.8 Å². The van der Waals surface area contributed by atoms with Gasteiger partial charge in [0.1, 0.15) is 11.5 Å². The quantitative estimate of drug-likeness (QED) is 0.801. The van der Waals surface area contributed by atoms with Crippen molar-refractivity contribution in [2.24, 2.45) is 0 Å². The number of aliphatic hydroxyl groups excluding tert-OH is 1. The standard InChI is InChI=1S/C21H30N2O2/c1-2-20-8-9-21(25-20)17-22-13-14-23(19(16-22)11-15-24)12-10-18-6-4-3-5-7-18/h3-9,19,24H,2,10-17H2,1H3/t19-/m1/s1. The fourth-order valence-corrected chi connectivity index (χ4v) is 3.65. The van der Waals surface area contributed by atoms with E-state index in [2.05, 4.69) is 59.2 Å². The highest BCUT2D eigenvalue weighted by molar-refractivity contribution is 5.15. The molecule has 0 bridgehead atoms. The molecule has 1 aromatic heterocycles. The van der Waals surface area contributed by atoms with Gasteiger partial charge in [0.05, 0.1) is 6.54 Å². The molecular formula is C21H30N2O2. The Morgan fingerprint density at radius 3 is 2.60 bits per heavy atom. The minimum Gasteiger partial charge on any atom is -0.465 e. The zero-order valence-corrected chi connectivity index (χ0v) is 15.2. The van der Waals surface area contributed by atoms with E-state index in [1.54, 1.807) is 0 Å². The van der Waals surface area contributed by atoms with Crippen LogP contribution in [0.2, 0.25) is 0 Å². The first-order chi connectivity index (χ1) is 12.3. The van der Waals surface area contributed by atoms with E-state index >= 15 is 0 Å². The number of aryl methyl sites for hydroxylation is 1. The van der Waals surface area contributed by atoms with Crippen molar-refractivity contribution in [1.29, 1.82) is 0 Å². The van der Waals surface area contributed by atoms with Crippen LogP contribution < -0.4 is 0 Å². The number of nitrogens with zero attached hydrogens (tertiary/aromatic N) is 2. The van der Waals surface area contributed by atoms with E-state index in [0.717, 1.165) is 63.5 Å². The number of aliphatic hydroxyl groups is 1. The third kappa shape index (κ3) is 5.18. The summed E-state index contributed by atoms with van der Waals surface area (Å²) in [7, 11) is 0. The van der Waals surface area contributed by atoms with Crippen LogP contribution in [0.4, 0.5) is 0 Å². The monoisotopic (exact) mass is 342 g/mol. The van der Waals surface area contributed by atoms with Gasteiger partial charge in [-0.25, -0.2) is 0 Å². The lowest BCUT2D eigenvalue weighted by Crippen LogP contribution is -2.53. The van der Waals surface area contributed by atoms with Crippen LogP contribution in [0.5, 0.6) is 0 Å². The maximum atomic E-state index is 9.47. The van der Waals surface area contributed by atoms with Gasteiger partial charge in [-0.2, -0.15) is 0 Å². The van der Waals surface area contributed by atoms with E-state index < -0.39 is 0 Å². The molecule has 3 rings (SSSR count). The molecule has 2 aromatic rings. The first kappa shape index (κ1) is 18.2. The molecule has 2 heterocycles. The van der Waals surface area contributed by atoms with Crippen LogP contribution in [0.1, 0.15) is 30.4 Å². The van der Waals surface area contributed by atoms with Gasteiger partial charge in [0, 0.05) is 45.2 Å². The Morgan fingerprint density at radius 1 is 1.08 bits per heavy atom. The van der Waals surface area contributed by atoms with Crippen LogP contribution >= 0.6 is 0 Å². The van der Waals surface area contributed by atoms with Gasteiger partial charge in [0.2, 0.25) is 0 Å². The molecule has 1 atom stereocenters. The number of furan rings is 1. The number of hydrogen-bond acceptors (Lipinski definition) is 4. The third-order valence-corrected chi connectivity index (χ3v) is 5.13. The molecule has 0 unspecified atom stereocenters. The Labute approximate surface area is 151 Å². The fraction of sp³-hybridized carbons (Fsp3) is 0.524. The lowest BCUT2D eigenvalue weighted by Gasteiger charge is -2.41. The first-order valence-corrected chi connectivity index (χ1v) is 9.47. The molecule has 1 saturated heterocycles. The minimum absolute atomic E-state index is 0.251. The lowest BCUT2D eigenvalue weighted by molar-refractivity contribution is 0.0527. The summed E-state index contributed by atoms with van der Waals surface area (Å²) in [6, 6.07) is 15.3. The Morgan fingerprint density at radius 2 is 1.88 bits per heavy atom. The highest BCUT2D eigenvalue weighted by atomic mass is 16.3. The van der Waals surface area contributed by atoms with Gasteiger partial charge in [-0.05, 0) is 30.5 Å². The van der Waals surface area contributed by atoms with Gasteiger partial charge in [0.15, 0.2) is 0 Å². The molecule has 1 N–H and O–H groups in total. The average Bonchev–Trinajstić information content (AvgIpc) is 3.10. The maximum absolute atomic E-state index is 9.47. The van der Waals surface area contributed by atoms with Gasteiger partial charge in [-0.1, -0.05) is 37.3 Å². The molecule has 25 heavy (non-hydrogen) atoms. The van der Waals surface area contributed by atoms with Crippen molar-refractivity contribution in [3.05, 3.63) is 59.5 Å². The zero-order chi connectivity index (χ0) is 17.5. The molecule has 0 saturated carbocycles. The topological polar surface area (TPSA) is 39.9 Å². The van der Waals surface area contributed by atoms with Crippen LogP contribution in [0.15, 0.2) is 46.9 Å². The van der Waals surface area contributed by atoms with Crippen molar-refractivity contribution in [3.8, 4) is 0 Å². The van der Waals surface area contributed by atoms with E-state index in [0.29, 0.717) is 6.04 Å². The van der Waals surface area contributed by atoms with E-state index in [-0.39, 0.29) is 6.61 Å². The van der Waals surface area contributed by atoms with Crippen molar-refractivity contribution >= 4 is 0 Å². The maximum Gasteiger partial charge on any atom is 0.118 e. The largest absolute Gasteiger partial charge is 0.465 e. The molecular weight excluding hydrogens is 312 g/mol. The predicted octanol–water partition coefficient (Wildman–Crippen LogP) is 2.95. The normalized spacial score (nSPS) is 19.4. The van der Waals surface area contributed by atoms with Crippen LogP contribution in [0, 0.1) is 0 Å². The molecule has 0 spiro atoms. The lowest BCUT2D eigenvalue weighted by atomic mass is 10.1. The molecule has 136 valence electrons. The predicted molar refractivity (Wildman–Crippen MR) is 101 cm³/mol. The molecule has 0 radical (unpaired) electrons. The third-order valence-electron chi connectivity index (χ3n) is 5.13. The molecule has 0 aliphatic carbocycles. The van der Waals surface area contributed by atoms with Crippen molar-refractivity contribution < 1.29 is 9.52 Å². The Hall–Kier alpha value is -1.62. The Bertz CT molecular complexity index is 626. The van der Waals surface area contributed by atoms with Crippen LogP contribution in [-0.4, -0.2) is 53.7 Å². The summed E-state index contributed by atoms with van der Waals surface area (Å²) in [5.74, 6) is 2.11. The van der Waals surface area contributed by atoms with Gasteiger partial charge < -0.3 is 9.52 Å². The van der Waals surface area contributed by atoms with Crippen LogP contribution in [0.3, 0.4) is 0 Å². The second-order valence-corrected chi connectivity index (χ2v) is 6.89. The second kappa shape index (κ2) is 9.18. The molecule has 1 aliphatic rings. The van der Waals surface area contributed by atoms with Gasteiger partial charge in [-0.3, -0.25) is 9.80 Å².